The van der Waals surface area contributed by atoms with Crippen molar-refractivity contribution in [1.82, 2.24) is 4.98 Å². The maximum absolute atomic E-state index is 5.76. The smallest absolute Gasteiger partial charge is 0.220 e. The lowest BCUT2D eigenvalue weighted by Gasteiger charge is -1.99. The molecule has 0 aliphatic heterocycles. The Bertz CT molecular complexity index is 921. The summed E-state index contributed by atoms with van der Waals surface area (Å²) >= 11 is 1.68. The molecular formula is C19H13NOS. The van der Waals surface area contributed by atoms with Crippen LogP contribution >= 0.6 is 11.3 Å². The third-order valence-corrected chi connectivity index (χ3v) is 4.17. The van der Waals surface area contributed by atoms with E-state index in [0.717, 1.165) is 22.2 Å². The minimum Gasteiger partial charge on any atom is -0.437 e. The van der Waals surface area contributed by atoms with Gasteiger partial charge in [0.15, 0.2) is 5.58 Å². The molecule has 3 heteroatoms. The van der Waals surface area contributed by atoms with Crippen molar-refractivity contribution < 1.29 is 4.42 Å². The molecular weight excluding hydrogens is 290 g/mol. The Balaban J connectivity index is 1.69. The van der Waals surface area contributed by atoms with Crippen LogP contribution in [-0.2, 0) is 0 Å². The molecule has 2 heterocycles. The van der Waals surface area contributed by atoms with Gasteiger partial charge >= 0.3 is 0 Å². The van der Waals surface area contributed by atoms with E-state index in [4.69, 9.17) is 4.42 Å². The minimum atomic E-state index is 0.631. The van der Waals surface area contributed by atoms with Gasteiger partial charge in [-0.05, 0) is 51.7 Å². The van der Waals surface area contributed by atoms with E-state index < -0.39 is 0 Å². The maximum Gasteiger partial charge on any atom is 0.220 e. The standard InChI is InChI=1S/C19H13NOS/c1-2-4-15(5-3-1)16-7-8-18-17(12-16)20-19(21-18)9-6-14-10-11-22-13-14/h1-13H. The molecule has 106 valence electrons. The molecule has 4 aromatic rings. The maximum atomic E-state index is 5.76. The minimum absolute atomic E-state index is 0.631. The summed E-state index contributed by atoms with van der Waals surface area (Å²) in [5, 5.41) is 4.14. The fourth-order valence-electron chi connectivity index (χ4n) is 2.36. The molecule has 0 saturated heterocycles. The van der Waals surface area contributed by atoms with E-state index in [1.54, 1.807) is 11.3 Å². The van der Waals surface area contributed by atoms with Gasteiger partial charge in [0.1, 0.15) is 5.52 Å². The van der Waals surface area contributed by atoms with Crippen LogP contribution in [0.5, 0.6) is 0 Å². The molecule has 0 amide bonds. The van der Waals surface area contributed by atoms with Crippen molar-refractivity contribution in [3.63, 3.8) is 0 Å². The number of aromatic nitrogens is 1. The first kappa shape index (κ1) is 13.0. The van der Waals surface area contributed by atoms with Gasteiger partial charge in [0.05, 0.1) is 0 Å². The molecule has 4 rings (SSSR count). The number of thiophene rings is 1. The molecule has 0 bridgehead atoms. The average molecular weight is 303 g/mol. The number of fused-ring (bicyclic) bond motifs is 1. The van der Waals surface area contributed by atoms with Crippen LogP contribution < -0.4 is 0 Å². The Morgan fingerprint density at radius 3 is 2.64 bits per heavy atom. The lowest BCUT2D eigenvalue weighted by Crippen LogP contribution is -1.77. The Labute approximate surface area is 132 Å². The van der Waals surface area contributed by atoms with Crippen LogP contribution in [0.25, 0.3) is 34.4 Å². The van der Waals surface area contributed by atoms with Gasteiger partial charge in [-0.2, -0.15) is 11.3 Å². The van der Waals surface area contributed by atoms with Crippen LogP contribution in [-0.4, -0.2) is 4.98 Å². The largest absolute Gasteiger partial charge is 0.437 e. The molecule has 2 aromatic carbocycles. The van der Waals surface area contributed by atoms with Crippen LogP contribution in [0, 0.1) is 0 Å². The van der Waals surface area contributed by atoms with Crippen molar-refractivity contribution in [2.75, 3.05) is 0 Å². The molecule has 0 aliphatic carbocycles. The molecule has 0 fully saturated rings. The monoisotopic (exact) mass is 303 g/mol. The molecule has 0 saturated carbocycles. The van der Waals surface area contributed by atoms with E-state index in [1.807, 2.05) is 36.4 Å². The predicted molar refractivity (Wildman–Crippen MR) is 92.7 cm³/mol. The summed E-state index contributed by atoms with van der Waals surface area (Å²) in [5.41, 5.74) is 5.19. The zero-order chi connectivity index (χ0) is 14.8. The Kier molecular flexibility index (Phi) is 3.33. The number of oxazole rings is 1. The van der Waals surface area contributed by atoms with Gasteiger partial charge < -0.3 is 4.42 Å². The van der Waals surface area contributed by atoms with Gasteiger partial charge in [0.2, 0.25) is 5.89 Å². The summed E-state index contributed by atoms with van der Waals surface area (Å²) < 4.78 is 5.76. The van der Waals surface area contributed by atoms with E-state index in [2.05, 4.69) is 46.1 Å². The van der Waals surface area contributed by atoms with Gasteiger partial charge in [-0.3, -0.25) is 0 Å². The fraction of sp³-hybridized carbons (Fsp3) is 0. The third-order valence-electron chi connectivity index (χ3n) is 3.47. The Morgan fingerprint density at radius 2 is 1.82 bits per heavy atom. The number of hydrogen-bond donors (Lipinski definition) is 0. The average Bonchev–Trinajstić information content (AvgIpc) is 3.22. The van der Waals surface area contributed by atoms with Crippen LogP contribution in [0.3, 0.4) is 0 Å². The van der Waals surface area contributed by atoms with Crippen LogP contribution in [0.1, 0.15) is 11.5 Å². The topological polar surface area (TPSA) is 26.0 Å². The molecule has 0 spiro atoms. The van der Waals surface area contributed by atoms with E-state index >= 15 is 0 Å². The number of nitrogens with zero attached hydrogens (tertiary/aromatic N) is 1. The molecule has 2 nitrogen and oxygen atoms in total. The van der Waals surface area contributed by atoms with Crippen LogP contribution in [0.2, 0.25) is 0 Å². The number of hydrogen-bond acceptors (Lipinski definition) is 3. The summed E-state index contributed by atoms with van der Waals surface area (Å²) in [7, 11) is 0. The third kappa shape index (κ3) is 2.59. The second-order valence-corrected chi connectivity index (χ2v) is 5.77. The zero-order valence-corrected chi connectivity index (χ0v) is 12.6. The summed E-state index contributed by atoms with van der Waals surface area (Å²) in [5.74, 6) is 0.631. The summed E-state index contributed by atoms with van der Waals surface area (Å²) in [4.78, 5) is 4.55. The predicted octanol–water partition coefficient (Wildman–Crippen LogP) is 5.73. The number of rotatable bonds is 3. The SMILES string of the molecule is C(=Cc1nc2cc(-c3ccccc3)ccc2o1)c1ccsc1. The van der Waals surface area contributed by atoms with Crippen molar-refractivity contribution in [3.05, 3.63) is 76.8 Å². The van der Waals surface area contributed by atoms with E-state index in [0.29, 0.717) is 5.89 Å². The second kappa shape index (κ2) is 5.62. The molecule has 22 heavy (non-hydrogen) atoms. The highest BCUT2D eigenvalue weighted by atomic mass is 32.1. The van der Waals surface area contributed by atoms with E-state index in [-0.39, 0.29) is 0 Å². The summed E-state index contributed by atoms with van der Waals surface area (Å²) in [6.45, 7) is 0. The van der Waals surface area contributed by atoms with Gasteiger partial charge in [-0.25, -0.2) is 4.98 Å². The highest BCUT2D eigenvalue weighted by Gasteiger charge is 2.05. The second-order valence-electron chi connectivity index (χ2n) is 4.99. The fourth-order valence-corrected chi connectivity index (χ4v) is 2.99. The van der Waals surface area contributed by atoms with Crippen LogP contribution in [0.15, 0.2) is 69.8 Å². The first-order chi connectivity index (χ1) is 10.9. The van der Waals surface area contributed by atoms with Crippen molar-refractivity contribution in [2.24, 2.45) is 0 Å². The van der Waals surface area contributed by atoms with Gasteiger partial charge in [-0.15, -0.1) is 0 Å². The molecule has 0 radical (unpaired) electrons. The van der Waals surface area contributed by atoms with Crippen molar-refractivity contribution in [2.45, 2.75) is 0 Å². The van der Waals surface area contributed by atoms with Crippen molar-refractivity contribution in [1.29, 1.82) is 0 Å². The highest BCUT2D eigenvalue weighted by molar-refractivity contribution is 7.08. The molecule has 0 unspecified atom stereocenters. The van der Waals surface area contributed by atoms with Crippen molar-refractivity contribution in [3.8, 4) is 11.1 Å². The Hall–Kier alpha value is -2.65. The molecule has 0 N–H and O–H groups in total. The zero-order valence-electron chi connectivity index (χ0n) is 11.8. The first-order valence-corrected chi connectivity index (χ1v) is 7.99. The Morgan fingerprint density at radius 1 is 0.909 bits per heavy atom. The normalized spacial score (nSPS) is 11.5. The van der Waals surface area contributed by atoms with E-state index in [9.17, 15) is 0 Å². The first-order valence-electron chi connectivity index (χ1n) is 7.05. The van der Waals surface area contributed by atoms with E-state index in [1.165, 1.54) is 5.56 Å². The quantitative estimate of drug-likeness (QED) is 0.483. The van der Waals surface area contributed by atoms with Crippen LogP contribution in [0.4, 0.5) is 0 Å². The van der Waals surface area contributed by atoms with Gasteiger partial charge in [0, 0.05) is 6.08 Å². The van der Waals surface area contributed by atoms with Gasteiger partial charge in [-0.1, -0.05) is 36.4 Å². The lowest BCUT2D eigenvalue weighted by atomic mass is 10.1. The van der Waals surface area contributed by atoms with Crippen molar-refractivity contribution >= 4 is 34.6 Å². The number of benzene rings is 2. The molecule has 0 aliphatic rings. The van der Waals surface area contributed by atoms with Gasteiger partial charge in [0.25, 0.3) is 0 Å². The molecule has 0 atom stereocenters. The highest BCUT2D eigenvalue weighted by Crippen LogP contribution is 2.25. The molecule has 2 aromatic heterocycles. The summed E-state index contributed by atoms with van der Waals surface area (Å²) in [6, 6.07) is 18.5. The lowest BCUT2D eigenvalue weighted by molar-refractivity contribution is 0.590. The summed E-state index contributed by atoms with van der Waals surface area (Å²) in [6.07, 6.45) is 3.92.